The largest absolute Gasteiger partial charge is 0.496 e. The molecule has 2 rings (SSSR count). The quantitative estimate of drug-likeness (QED) is 0.776. The molecule has 0 heterocycles. The fourth-order valence-corrected chi connectivity index (χ4v) is 2.48. The van der Waals surface area contributed by atoms with Crippen LogP contribution in [-0.2, 0) is 16.1 Å². The van der Waals surface area contributed by atoms with Gasteiger partial charge in [0.1, 0.15) is 12.3 Å². The predicted octanol–water partition coefficient (Wildman–Crippen LogP) is 2.89. The van der Waals surface area contributed by atoms with Gasteiger partial charge >= 0.3 is 0 Å². The molecule has 136 valence electrons. The number of anilines is 1. The van der Waals surface area contributed by atoms with E-state index >= 15 is 0 Å². The number of nitrogens with one attached hydrogen (secondary N) is 1. The van der Waals surface area contributed by atoms with Crippen molar-refractivity contribution in [1.82, 2.24) is 4.90 Å². The third kappa shape index (κ3) is 5.17. The van der Waals surface area contributed by atoms with Gasteiger partial charge in [0.05, 0.1) is 7.11 Å². The summed E-state index contributed by atoms with van der Waals surface area (Å²) >= 11 is 0. The summed E-state index contributed by atoms with van der Waals surface area (Å²) in [7, 11) is 1.56. The van der Waals surface area contributed by atoms with Crippen molar-refractivity contribution in [3.8, 4) is 5.75 Å². The first-order chi connectivity index (χ1) is 12.4. The first-order valence-corrected chi connectivity index (χ1v) is 8.19. The summed E-state index contributed by atoms with van der Waals surface area (Å²) in [5, 5.41) is 2.73. The zero-order chi connectivity index (χ0) is 19.1. The maximum absolute atomic E-state index is 12.3. The number of carbonyl (C=O) groups is 3. The Bertz CT molecular complexity index is 800. The molecule has 0 bridgehead atoms. The minimum atomic E-state index is -0.314. The van der Waals surface area contributed by atoms with E-state index in [2.05, 4.69) is 5.32 Å². The van der Waals surface area contributed by atoms with Crippen molar-refractivity contribution < 1.29 is 19.1 Å². The summed E-state index contributed by atoms with van der Waals surface area (Å²) in [4.78, 5) is 36.9. The van der Waals surface area contributed by atoms with Crippen LogP contribution in [0.2, 0.25) is 0 Å². The average Bonchev–Trinajstić information content (AvgIpc) is 2.61. The van der Waals surface area contributed by atoms with E-state index in [-0.39, 0.29) is 30.7 Å². The van der Waals surface area contributed by atoms with E-state index in [0.717, 1.165) is 5.56 Å². The fourth-order valence-electron chi connectivity index (χ4n) is 2.48. The number of ketones is 1. The summed E-state index contributed by atoms with van der Waals surface area (Å²) in [6.45, 7) is 3.10. The minimum absolute atomic E-state index is 0.0394. The zero-order valence-electron chi connectivity index (χ0n) is 15.1. The maximum Gasteiger partial charge on any atom is 0.244 e. The Hall–Kier alpha value is -3.15. The van der Waals surface area contributed by atoms with Crippen molar-refractivity contribution in [3.05, 3.63) is 59.7 Å². The Morgan fingerprint density at radius 2 is 1.65 bits per heavy atom. The third-order valence-corrected chi connectivity index (χ3v) is 3.91. The lowest BCUT2D eigenvalue weighted by Crippen LogP contribution is -2.36. The van der Waals surface area contributed by atoms with Gasteiger partial charge in [-0.1, -0.05) is 18.2 Å². The molecule has 0 spiro atoms. The second kappa shape index (κ2) is 8.80. The highest BCUT2D eigenvalue weighted by Gasteiger charge is 2.16. The van der Waals surface area contributed by atoms with E-state index in [0.29, 0.717) is 17.0 Å². The van der Waals surface area contributed by atoms with Gasteiger partial charge in [-0.2, -0.15) is 0 Å². The molecule has 0 aliphatic rings. The number of amides is 2. The van der Waals surface area contributed by atoms with Crippen molar-refractivity contribution in [2.24, 2.45) is 0 Å². The maximum atomic E-state index is 12.3. The Morgan fingerprint density at radius 1 is 1.00 bits per heavy atom. The second-order valence-electron chi connectivity index (χ2n) is 5.87. The van der Waals surface area contributed by atoms with Crippen LogP contribution in [0.5, 0.6) is 5.75 Å². The number of nitrogens with zero attached hydrogens (tertiary/aromatic N) is 1. The average molecular weight is 354 g/mol. The van der Waals surface area contributed by atoms with Crippen LogP contribution in [0.4, 0.5) is 5.69 Å². The summed E-state index contributed by atoms with van der Waals surface area (Å²) in [6, 6.07) is 14.0. The Labute approximate surface area is 152 Å². The summed E-state index contributed by atoms with van der Waals surface area (Å²) in [6.07, 6.45) is 0. The standard InChI is InChI=1S/C20H22N2O4/c1-14(23)16-8-10-18(11-9-16)21-20(25)13-22(15(2)24)12-17-6-4-5-7-19(17)26-3/h4-11H,12-13H2,1-3H3,(H,21,25). The van der Waals surface area contributed by atoms with Crippen LogP contribution in [0.15, 0.2) is 48.5 Å². The highest BCUT2D eigenvalue weighted by Crippen LogP contribution is 2.19. The number of hydrogen-bond donors (Lipinski definition) is 1. The van der Waals surface area contributed by atoms with Gasteiger partial charge in [-0.05, 0) is 37.3 Å². The number of benzene rings is 2. The molecule has 2 aromatic carbocycles. The molecular formula is C20H22N2O4. The van der Waals surface area contributed by atoms with Crippen molar-refractivity contribution >= 4 is 23.3 Å². The number of para-hydroxylation sites is 1. The summed E-state index contributed by atoms with van der Waals surface area (Å²) < 4.78 is 5.29. The number of Topliss-reactive ketones (excluding diaryl/α,β-unsaturated/α-hetero) is 1. The van der Waals surface area contributed by atoms with Crippen molar-refractivity contribution in [2.75, 3.05) is 19.0 Å². The lowest BCUT2D eigenvalue weighted by atomic mass is 10.1. The molecule has 26 heavy (non-hydrogen) atoms. The van der Waals surface area contributed by atoms with Crippen LogP contribution in [0.1, 0.15) is 29.8 Å². The molecule has 6 heteroatoms. The first kappa shape index (κ1) is 19.2. The van der Waals surface area contributed by atoms with Gasteiger partial charge in [0, 0.05) is 30.3 Å². The van der Waals surface area contributed by atoms with E-state index in [9.17, 15) is 14.4 Å². The number of carbonyl (C=O) groups excluding carboxylic acids is 3. The van der Waals surface area contributed by atoms with Crippen molar-refractivity contribution in [3.63, 3.8) is 0 Å². The number of ether oxygens (including phenoxy) is 1. The molecule has 0 fully saturated rings. The number of hydrogen-bond acceptors (Lipinski definition) is 4. The number of rotatable bonds is 7. The molecule has 0 aromatic heterocycles. The molecule has 2 aromatic rings. The number of methoxy groups -OCH3 is 1. The van der Waals surface area contributed by atoms with Gasteiger partial charge in [-0.25, -0.2) is 0 Å². The minimum Gasteiger partial charge on any atom is -0.496 e. The van der Waals surface area contributed by atoms with Gasteiger partial charge in [-0.15, -0.1) is 0 Å². The molecule has 0 saturated heterocycles. The Morgan fingerprint density at radius 3 is 2.23 bits per heavy atom. The van der Waals surface area contributed by atoms with E-state index < -0.39 is 0 Å². The van der Waals surface area contributed by atoms with Gasteiger partial charge < -0.3 is 15.0 Å². The molecule has 1 N–H and O–H groups in total. The lowest BCUT2D eigenvalue weighted by Gasteiger charge is -2.21. The summed E-state index contributed by atoms with van der Waals surface area (Å²) in [5.41, 5.74) is 1.97. The normalized spacial score (nSPS) is 10.1. The van der Waals surface area contributed by atoms with Crippen LogP contribution in [0.3, 0.4) is 0 Å². The van der Waals surface area contributed by atoms with Crippen molar-refractivity contribution in [1.29, 1.82) is 0 Å². The van der Waals surface area contributed by atoms with Crippen LogP contribution in [0.25, 0.3) is 0 Å². The SMILES string of the molecule is COc1ccccc1CN(CC(=O)Nc1ccc(C(C)=O)cc1)C(C)=O. The van der Waals surface area contributed by atoms with Crippen LogP contribution in [0, 0.1) is 0 Å². The van der Waals surface area contributed by atoms with Gasteiger partial charge in [-0.3, -0.25) is 14.4 Å². The first-order valence-electron chi connectivity index (χ1n) is 8.19. The summed E-state index contributed by atoms with van der Waals surface area (Å²) in [5.74, 6) is 0.102. The van der Waals surface area contributed by atoms with Gasteiger partial charge in [0.15, 0.2) is 5.78 Å². The molecule has 0 saturated carbocycles. The van der Waals surface area contributed by atoms with E-state index in [4.69, 9.17) is 4.74 Å². The fraction of sp³-hybridized carbons (Fsp3) is 0.250. The monoisotopic (exact) mass is 354 g/mol. The van der Waals surface area contributed by atoms with Gasteiger partial charge in [0.2, 0.25) is 11.8 Å². The van der Waals surface area contributed by atoms with E-state index in [1.54, 1.807) is 31.4 Å². The molecule has 0 unspecified atom stereocenters. The molecule has 2 amide bonds. The van der Waals surface area contributed by atoms with E-state index in [1.165, 1.54) is 18.7 Å². The lowest BCUT2D eigenvalue weighted by molar-refractivity contribution is -0.133. The second-order valence-corrected chi connectivity index (χ2v) is 5.87. The Balaban J connectivity index is 2.03. The predicted molar refractivity (Wildman–Crippen MR) is 99.2 cm³/mol. The molecular weight excluding hydrogens is 332 g/mol. The smallest absolute Gasteiger partial charge is 0.244 e. The highest BCUT2D eigenvalue weighted by molar-refractivity contribution is 5.96. The van der Waals surface area contributed by atoms with Crippen LogP contribution < -0.4 is 10.1 Å². The third-order valence-electron chi connectivity index (χ3n) is 3.91. The Kier molecular flexibility index (Phi) is 6.49. The van der Waals surface area contributed by atoms with Gasteiger partial charge in [0.25, 0.3) is 0 Å². The van der Waals surface area contributed by atoms with Crippen LogP contribution in [-0.4, -0.2) is 36.2 Å². The van der Waals surface area contributed by atoms with Crippen LogP contribution >= 0.6 is 0 Å². The molecule has 0 radical (unpaired) electrons. The molecule has 0 aliphatic heterocycles. The van der Waals surface area contributed by atoms with E-state index in [1.807, 2.05) is 24.3 Å². The molecule has 0 atom stereocenters. The van der Waals surface area contributed by atoms with Crippen molar-refractivity contribution in [2.45, 2.75) is 20.4 Å². The topological polar surface area (TPSA) is 75.7 Å². The molecule has 6 nitrogen and oxygen atoms in total. The zero-order valence-corrected chi connectivity index (χ0v) is 15.1. The highest BCUT2D eigenvalue weighted by atomic mass is 16.5. The molecule has 0 aliphatic carbocycles.